The summed E-state index contributed by atoms with van der Waals surface area (Å²) in [5.41, 5.74) is 0. The molecule has 0 aliphatic carbocycles. The second-order valence-electron chi connectivity index (χ2n) is 5.42. The van der Waals surface area contributed by atoms with Crippen LogP contribution in [0.2, 0.25) is 0 Å². The fraction of sp³-hybridized carbons (Fsp3) is 0.929. The highest BCUT2D eigenvalue weighted by atomic mass is 16.5. The minimum absolute atomic E-state index is 0.263. The zero-order chi connectivity index (χ0) is 12.7. The first-order valence-electron chi connectivity index (χ1n) is 6.96. The summed E-state index contributed by atoms with van der Waals surface area (Å²) in [6.45, 7) is 11.0. The van der Waals surface area contributed by atoms with Crippen LogP contribution in [-0.4, -0.2) is 43.5 Å². The van der Waals surface area contributed by atoms with Gasteiger partial charge >= 0.3 is 0 Å². The number of likely N-dealkylation sites (tertiary alicyclic amines) is 1. The van der Waals surface area contributed by atoms with Crippen LogP contribution in [-0.2, 0) is 9.53 Å². The molecule has 100 valence electrons. The van der Waals surface area contributed by atoms with E-state index in [4.69, 9.17) is 4.74 Å². The van der Waals surface area contributed by atoms with Gasteiger partial charge in [0.2, 0.25) is 0 Å². The molecule has 1 atom stereocenters. The summed E-state index contributed by atoms with van der Waals surface area (Å²) in [7, 11) is 0. The molecule has 0 saturated carbocycles. The van der Waals surface area contributed by atoms with Crippen LogP contribution in [0.1, 0.15) is 40.0 Å². The first kappa shape index (κ1) is 14.7. The normalized spacial score (nSPS) is 22.4. The van der Waals surface area contributed by atoms with Gasteiger partial charge in [0.05, 0.1) is 6.61 Å². The predicted octanol–water partition coefficient (Wildman–Crippen LogP) is 2.35. The first-order valence-corrected chi connectivity index (χ1v) is 6.96. The Hall–Kier alpha value is -0.410. The molecule has 0 radical (unpaired) electrons. The van der Waals surface area contributed by atoms with Crippen molar-refractivity contribution in [3.63, 3.8) is 0 Å². The maximum atomic E-state index is 11.6. The predicted molar refractivity (Wildman–Crippen MR) is 70.1 cm³/mol. The third-order valence-electron chi connectivity index (χ3n) is 3.49. The van der Waals surface area contributed by atoms with Gasteiger partial charge in [-0.25, -0.2) is 0 Å². The lowest BCUT2D eigenvalue weighted by Gasteiger charge is -2.31. The lowest BCUT2D eigenvalue weighted by Crippen LogP contribution is -2.42. The molecule has 17 heavy (non-hydrogen) atoms. The Morgan fingerprint density at radius 3 is 2.82 bits per heavy atom. The van der Waals surface area contributed by atoms with Gasteiger partial charge in [0.15, 0.2) is 0 Å². The summed E-state index contributed by atoms with van der Waals surface area (Å²) in [6, 6.07) is 0. The molecular weight excluding hydrogens is 214 g/mol. The van der Waals surface area contributed by atoms with Crippen LogP contribution < -0.4 is 0 Å². The van der Waals surface area contributed by atoms with Crippen LogP contribution in [0.25, 0.3) is 0 Å². The first-order chi connectivity index (χ1) is 8.13. The van der Waals surface area contributed by atoms with Crippen molar-refractivity contribution in [2.45, 2.75) is 40.0 Å². The molecule has 1 saturated heterocycles. The zero-order valence-corrected chi connectivity index (χ0v) is 11.6. The Bertz CT molecular complexity index is 228. The van der Waals surface area contributed by atoms with E-state index in [1.807, 2.05) is 0 Å². The molecule has 3 nitrogen and oxygen atoms in total. The lowest BCUT2D eigenvalue weighted by molar-refractivity contribution is -0.126. The van der Waals surface area contributed by atoms with E-state index >= 15 is 0 Å². The van der Waals surface area contributed by atoms with Gasteiger partial charge in [-0.1, -0.05) is 20.8 Å². The van der Waals surface area contributed by atoms with E-state index in [-0.39, 0.29) is 5.92 Å². The maximum absolute atomic E-state index is 11.6. The number of carbonyl (C=O) groups is 1. The van der Waals surface area contributed by atoms with Crippen LogP contribution in [0.3, 0.4) is 0 Å². The quantitative estimate of drug-likeness (QED) is 0.641. The monoisotopic (exact) mass is 241 g/mol. The highest BCUT2D eigenvalue weighted by Gasteiger charge is 2.25. The lowest BCUT2D eigenvalue weighted by atomic mass is 9.94. The van der Waals surface area contributed by atoms with Crippen molar-refractivity contribution >= 4 is 5.78 Å². The molecule has 0 aromatic heterocycles. The molecule has 0 aromatic carbocycles. The Labute approximate surface area is 106 Å². The number of hydrogen-bond acceptors (Lipinski definition) is 3. The molecule has 1 aliphatic rings. The smallest absolute Gasteiger partial charge is 0.138 e. The third kappa shape index (κ3) is 5.64. The van der Waals surface area contributed by atoms with Gasteiger partial charge < -0.3 is 4.74 Å². The van der Waals surface area contributed by atoms with Crippen molar-refractivity contribution in [2.75, 3.05) is 32.8 Å². The average molecular weight is 241 g/mol. The molecule has 1 fully saturated rings. The van der Waals surface area contributed by atoms with Crippen molar-refractivity contribution in [3.05, 3.63) is 0 Å². The largest absolute Gasteiger partial charge is 0.380 e. The molecule has 0 spiro atoms. The zero-order valence-electron chi connectivity index (χ0n) is 11.6. The van der Waals surface area contributed by atoms with E-state index in [0.717, 1.165) is 52.1 Å². The Kier molecular flexibility index (Phi) is 6.75. The Morgan fingerprint density at radius 2 is 2.18 bits per heavy atom. The summed E-state index contributed by atoms with van der Waals surface area (Å²) in [5.74, 6) is 1.43. The number of nitrogens with zero attached hydrogens (tertiary/aromatic N) is 1. The van der Waals surface area contributed by atoms with Crippen LogP contribution in [0, 0.1) is 11.8 Å². The summed E-state index contributed by atoms with van der Waals surface area (Å²) >= 11 is 0. The number of rotatable bonds is 7. The molecule has 0 N–H and O–H groups in total. The van der Waals surface area contributed by atoms with Crippen molar-refractivity contribution in [1.82, 2.24) is 4.90 Å². The molecular formula is C14H27NO2. The minimum atomic E-state index is 0.263. The third-order valence-corrected chi connectivity index (χ3v) is 3.49. The summed E-state index contributed by atoms with van der Waals surface area (Å²) in [6.07, 6.45) is 2.84. The summed E-state index contributed by atoms with van der Waals surface area (Å²) in [5, 5.41) is 0. The van der Waals surface area contributed by atoms with Crippen molar-refractivity contribution in [2.24, 2.45) is 11.8 Å². The Morgan fingerprint density at radius 1 is 1.41 bits per heavy atom. The van der Waals surface area contributed by atoms with Crippen molar-refractivity contribution in [3.8, 4) is 0 Å². The highest BCUT2D eigenvalue weighted by molar-refractivity contribution is 5.82. The van der Waals surface area contributed by atoms with Gasteiger partial charge in [0.25, 0.3) is 0 Å². The molecule has 0 bridgehead atoms. The second kappa shape index (κ2) is 7.83. The van der Waals surface area contributed by atoms with Gasteiger partial charge in [-0.3, -0.25) is 9.69 Å². The van der Waals surface area contributed by atoms with Crippen LogP contribution in [0.4, 0.5) is 0 Å². The number of Topliss-reactive ketones (excluding diaryl/α,β-unsaturated/α-hetero) is 1. The fourth-order valence-electron chi connectivity index (χ4n) is 2.15. The van der Waals surface area contributed by atoms with E-state index in [1.54, 1.807) is 0 Å². The molecule has 1 unspecified atom stereocenters. The van der Waals surface area contributed by atoms with Gasteiger partial charge in [-0.05, 0) is 18.8 Å². The number of piperidine rings is 1. The van der Waals surface area contributed by atoms with Crippen molar-refractivity contribution in [1.29, 1.82) is 0 Å². The minimum Gasteiger partial charge on any atom is -0.380 e. The highest BCUT2D eigenvalue weighted by Crippen LogP contribution is 2.15. The number of hydrogen-bond donors (Lipinski definition) is 0. The van der Waals surface area contributed by atoms with Gasteiger partial charge in [0.1, 0.15) is 5.78 Å². The second-order valence-corrected chi connectivity index (χ2v) is 5.42. The molecule has 0 aromatic rings. The van der Waals surface area contributed by atoms with Crippen LogP contribution in [0.15, 0.2) is 0 Å². The van der Waals surface area contributed by atoms with Gasteiger partial charge in [-0.15, -0.1) is 0 Å². The summed E-state index contributed by atoms with van der Waals surface area (Å²) in [4.78, 5) is 13.9. The van der Waals surface area contributed by atoms with E-state index in [2.05, 4.69) is 25.7 Å². The topological polar surface area (TPSA) is 29.5 Å². The van der Waals surface area contributed by atoms with Crippen molar-refractivity contribution < 1.29 is 9.53 Å². The number of ketones is 1. The van der Waals surface area contributed by atoms with E-state index in [9.17, 15) is 4.79 Å². The number of carbonyl (C=O) groups excluding carboxylic acids is 1. The van der Waals surface area contributed by atoms with E-state index in [1.165, 1.54) is 0 Å². The maximum Gasteiger partial charge on any atom is 0.138 e. The standard InChI is InChI=1S/C14H27NO2/c1-4-13-11-15(7-5-14(13)16)8-10-17-9-6-12(2)3/h12-13H,4-11H2,1-3H3. The average Bonchev–Trinajstić information content (AvgIpc) is 2.30. The Balaban J connectivity index is 2.09. The molecule has 1 aliphatic heterocycles. The van der Waals surface area contributed by atoms with E-state index < -0.39 is 0 Å². The molecule has 1 heterocycles. The molecule has 1 rings (SSSR count). The fourth-order valence-corrected chi connectivity index (χ4v) is 2.15. The molecule has 0 amide bonds. The SMILES string of the molecule is CCC1CN(CCOCCC(C)C)CCC1=O. The molecule has 3 heteroatoms. The van der Waals surface area contributed by atoms with Gasteiger partial charge in [0, 0.05) is 38.6 Å². The van der Waals surface area contributed by atoms with Gasteiger partial charge in [-0.2, -0.15) is 0 Å². The van der Waals surface area contributed by atoms with E-state index in [0.29, 0.717) is 11.7 Å². The number of ether oxygens (including phenoxy) is 1. The summed E-state index contributed by atoms with van der Waals surface area (Å²) < 4.78 is 5.62. The van der Waals surface area contributed by atoms with Crippen LogP contribution >= 0.6 is 0 Å². The van der Waals surface area contributed by atoms with Crippen LogP contribution in [0.5, 0.6) is 0 Å².